The molecule has 2 aromatic carbocycles. The number of sulfonamides is 1. The van der Waals surface area contributed by atoms with E-state index in [0.717, 1.165) is 34.1 Å². The Morgan fingerprint density at radius 3 is 2.16 bits per heavy atom. The Hall–Kier alpha value is -2.45. The van der Waals surface area contributed by atoms with Gasteiger partial charge in [0.2, 0.25) is 0 Å². The van der Waals surface area contributed by atoms with Gasteiger partial charge in [-0.15, -0.1) is 0 Å². The van der Waals surface area contributed by atoms with Crippen LogP contribution in [0.25, 0.3) is 0 Å². The van der Waals surface area contributed by atoms with Gasteiger partial charge in [-0.1, -0.05) is 26.0 Å². The average Bonchev–Trinajstić information content (AvgIpc) is 2.59. The summed E-state index contributed by atoms with van der Waals surface area (Å²) in [6, 6.07) is 11.3. The number of amides is 1. The topological polar surface area (TPSA) is 92.5 Å². The van der Waals surface area contributed by atoms with Gasteiger partial charge < -0.3 is 0 Å². The van der Waals surface area contributed by atoms with Crippen molar-refractivity contribution in [2.24, 2.45) is 5.84 Å². The number of nitrogens with two attached hydrogens (primary N) is 1. The van der Waals surface area contributed by atoms with Gasteiger partial charge >= 0.3 is 0 Å². The molecule has 0 aliphatic rings. The number of carbonyl (C=O) groups is 1. The van der Waals surface area contributed by atoms with Crippen LogP contribution in [0.3, 0.4) is 0 Å². The summed E-state index contributed by atoms with van der Waals surface area (Å²) in [6.07, 6.45) is 0. The number of hydrazine groups is 1. The minimum absolute atomic E-state index is 0.119. The van der Waals surface area contributed by atoms with Crippen LogP contribution in [-0.2, 0) is 14.8 Å². The molecule has 2 rings (SSSR count). The van der Waals surface area contributed by atoms with Crippen LogP contribution in [-0.4, -0.2) is 20.9 Å². The molecule has 0 aromatic heterocycles. The molecule has 0 spiro atoms. The van der Waals surface area contributed by atoms with Gasteiger partial charge in [-0.2, -0.15) is 0 Å². The van der Waals surface area contributed by atoms with Crippen LogP contribution >= 0.6 is 0 Å². The second kappa shape index (κ2) is 7.62. The van der Waals surface area contributed by atoms with Crippen molar-refractivity contribution in [1.82, 2.24) is 5.43 Å². The van der Waals surface area contributed by atoms with Crippen LogP contribution in [0.2, 0.25) is 0 Å². The van der Waals surface area contributed by atoms with Crippen LogP contribution in [0.15, 0.2) is 53.4 Å². The number of nitrogens with zero attached hydrogens (tertiary/aromatic N) is 1. The first-order valence-electron chi connectivity index (χ1n) is 7.63. The molecule has 0 bridgehead atoms. The first kappa shape index (κ1) is 18.9. The highest BCUT2D eigenvalue weighted by molar-refractivity contribution is 7.92. The summed E-state index contributed by atoms with van der Waals surface area (Å²) >= 11 is 0. The Morgan fingerprint density at radius 2 is 1.68 bits per heavy atom. The zero-order valence-electron chi connectivity index (χ0n) is 13.9. The Morgan fingerprint density at radius 1 is 1.12 bits per heavy atom. The lowest BCUT2D eigenvalue weighted by molar-refractivity contribution is -0.119. The van der Waals surface area contributed by atoms with Crippen molar-refractivity contribution in [3.63, 3.8) is 0 Å². The lowest BCUT2D eigenvalue weighted by Gasteiger charge is -2.24. The van der Waals surface area contributed by atoms with E-state index in [2.05, 4.69) is 0 Å². The Bertz CT molecular complexity index is 834. The zero-order chi connectivity index (χ0) is 18.6. The maximum atomic E-state index is 13.1. The maximum absolute atomic E-state index is 13.1. The van der Waals surface area contributed by atoms with E-state index >= 15 is 0 Å². The summed E-state index contributed by atoms with van der Waals surface area (Å²) in [5.74, 6) is 4.16. The summed E-state index contributed by atoms with van der Waals surface area (Å²) < 4.78 is 39.8. The lowest BCUT2D eigenvalue weighted by atomic mass is 10.0. The fourth-order valence-electron chi connectivity index (χ4n) is 2.25. The first-order valence-corrected chi connectivity index (χ1v) is 9.07. The quantitative estimate of drug-likeness (QED) is 0.466. The highest BCUT2D eigenvalue weighted by Gasteiger charge is 2.27. The molecule has 25 heavy (non-hydrogen) atoms. The highest BCUT2D eigenvalue weighted by atomic mass is 32.2. The first-order chi connectivity index (χ1) is 11.8. The molecule has 0 saturated carbocycles. The van der Waals surface area contributed by atoms with E-state index in [1.165, 1.54) is 0 Å². The zero-order valence-corrected chi connectivity index (χ0v) is 14.8. The van der Waals surface area contributed by atoms with E-state index in [1.807, 2.05) is 19.3 Å². The predicted molar refractivity (Wildman–Crippen MR) is 93.8 cm³/mol. The number of benzene rings is 2. The molecule has 0 unspecified atom stereocenters. The Balaban J connectivity index is 2.48. The predicted octanol–water partition coefficient (Wildman–Crippen LogP) is 2.13. The minimum atomic E-state index is -4.06. The van der Waals surface area contributed by atoms with Crippen molar-refractivity contribution in [1.29, 1.82) is 0 Å². The van der Waals surface area contributed by atoms with Crippen LogP contribution in [0.1, 0.15) is 25.3 Å². The molecular formula is C17H20FN3O3S. The van der Waals surface area contributed by atoms with Crippen LogP contribution in [0, 0.1) is 5.82 Å². The molecule has 0 atom stereocenters. The van der Waals surface area contributed by atoms with Gasteiger partial charge in [-0.05, 0) is 47.9 Å². The van der Waals surface area contributed by atoms with E-state index in [4.69, 9.17) is 5.84 Å². The summed E-state index contributed by atoms with van der Waals surface area (Å²) in [4.78, 5) is 11.6. The molecule has 1 amide bonds. The monoisotopic (exact) mass is 365 g/mol. The number of halogens is 1. The highest BCUT2D eigenvalue weighted by Crippen LogP contribution is 2.25. The third-order valence-electron chi connectivity index (χ3n) is 3.70. The molecule has 8 heteroatoms. The molecule has 0 aliphatic carbocycles. The number of carbonyl (C=O) groups excluding carboxylic acids is 1. The minimum Gasteiger partial charge on any atom is -0.293 e. The van der Waals surface area contributed by atoms with Crippen LogP contribution < -0.4 is 15.6 Å². The summed E-state index contributed by atoms with van der Waals surface area (Å²) in [6.45, 7) is 3.55. The largest absolute Gasteiger partial charge is 0.293 e. The second-order valence-corrected chi connectivity index (χ2v) is 7.64. The summed E-state index contributed by atoms with van der Waals surface area (Å²) in [7, 11) is -4.06. The maximum Gasteiger partial charge on any atom is 0.264 e. The molecule has 0 aliphatic heterocycles. The van der Waals surface area contributed by atoms with E-state index in [9.17, 15) is 17.6 Å². The molecular weight excluding hydrogens is 345 g/mol. The van der Waals surface area contributed by atoms with Crippen molar-refractivity contribution < 1.29 is 17.6 Å². The number of anilines is 1. The molecule has 2 aromatic rings. The second-order valence-electron chi connectivity index (χ2n) is 5.78. The van der Waals surface area contributed by atoms with Gasteiger partial charge in [0.1, 0.15) is 12.4 Å². The summed E-state index contributed by atoms with van der Waals surface area (Å²) in [5, 5.41) is 0. The third-order valence-corrected chi connectivity index (χ3v) is 5.49. The van der Waals surface area contributed by atoms with Crippen molar-refractivity contribution in [3.8, 4) is 0 Å². The number of rotatable bonds is 6. The SMILES string of the molecule is CC(C)c1ccc(N(CC(=O)NN)S(=O)(=O)c2ccc(F)cc2)cc1. The third kappa shape index (κ3) is 4.34. The lowest BCUT2D eigenvalue weighted by Crippen LogP contribution is -2.43. The average molecular weight is 365 g/mol. The molecule has 0 saturated heterocycles. The molecule has 0 heterocycles. The van der Waals surface area contributed by atoms with Crippen molar-refractivity contribution in [2.45, 2.75) is 24.7 Å². The molecule has 134 valence electrons. The van der Waals surface area contributed by atoms with E-state index < -0.39 is 28.3 Å². The smallest absolute Gasteiger partial charge is 0.264 e. The fraction of sp³-hybridized carbons (Fsp3) is 0.235. The van der Waals surface area contributed by atoms with Crippen LogP contribution in [0.5, 0.6) is 0 Å². The number of nitrogens with one attached hydrogen (secondary N) is 1. The summed E-state index contributed by atoms with van der Waals surface area (Å²) in [5.41, 5.74) is 3.27. The molecule has 0 radical (unpaired) electrons. The van der Waals surface area contributed by atoms with Crippen molar-refractivity contribution >= 4 is 21.6 Å². The molecule has 3 N–H and O–H groups in total. The normalized spacial score (nSPS) is 11.4. The van der Waals surface area contributed by atoms with Gasteiger partial charge in [-0.25, -0.2) is 18.7 Å². The van der Waals surface area contributed by atoms with Crippen LogP contribution in [0.4, 0.5) is 10.1 Å². The van der Waals surface area contributed by atoms with Gasteiger partial charge in [0.05, 0.1) is 10.6 Å². The van der Waals surface area contributed by atoms with Gasteiger partial charge in [-0.3, -0.25) is 14.5 Å². The standard InChI is InChI=1S/C17H20FN3O3S/c1-12(2)13-3-7-15(8-4-13)21(11-17(22)20-19)25(23,24)16-9-5-14(18)6-10-16/h3-10,12H,11,19H2,1-2H3,(H,20,22). The molecule has 6 nitrogen and oxygen atoms in total. The van der Waals surface area contributed by atoms with Crippen molar-refractivity contribution in [3.05, 3.63) is 59.9 Å². The Labute approximate surface area is 146 Å². The number of hydrogen-bond acceptors (Lipinski definition) is 4. The van der Waals surface area contributed by atoms with Gasteiger partial charge in [0.25, 0.3) is 15.9 Å². The van der Waals surface area contributed by atoms with Crippen molar-refractivity contribution in [2.75, 3.05) is 10.8 Å². The van der Waals surface area contributed by atoms with E-state index in [0.29, 0.717) is 5.69 Å². The molecule has 0 fully saturated rings. The number of hydrogen-bond donors (Lipinski definition) is 2. The Kier molecular flexibility index (Phi) is 5.76. The van der Waals surface area contributed by atoms with Gasteiger partial charge in [0, 0.05) is 0 Å². The van der Waals surface area contributed by atoms with E-state index in [-0.39, 0.29) is 10.8 Å². The van der Waals surface area contributed by atoms with Gasteiger partial charge in [0.15, 0.2) is 0 Å². The van der Waals surface area contributed by atoms with E-state index in [1.54, 1.807) is 24.3 Å². The fourth-order valence-corrected chi connectivity index (χ4v) is 3.67.